The number of carbonyl (C=O) groups is 2. The number of rotatable bonds is 6. The molecule has 6 nitrogen and oxygen atoms in total. The van der Waals surface area contributed by atoms with Crippen LogP contribution in [-0.4, -0.2) is 53.2 Å². The molecule has 1 amide bonds. The van der Waals surface area contributed by atoms with E-state index in [9.17, 15) is 9.59 Å². The molecule has 104 valence electrons. The zero-order valence-corrected chi connectivity index (χ0v) is 11.2. The number of ether oxygens (including phenoxy) is 1. The minimum Gasteiger partial charge on any atom is -0.480 e. The predicted molar refractivity (Wildman–Crippen MR) is 66.0 cm³/mol. The minimum absolute atomic E-state index is 0.0826. The highest BCUT2D eigenvalue weighted by Gasteiger charge is 2.44. The molecule has 1 fully saturated rings. The van der Waals surface area contributed by atoms with E-state index in [4.69, 9.17) is 15.6 Å². The Labute approximate surface area is 107 Å². The molecule has 0 aromatic carbocycles. The summed E-state index contributed by atoms with van der Waals surface area (Å²) >= 11 is 0. The summed E-state index contributed by atoms with van der Waals surface area (Å²) in [5.74, 6) is -0.942. The Balaban J connectivity index is 2.41. The number of carbonyl (C=O) groups excluding carboxylic acids is 1. The van der Waals surface area contributed by atoms with Gasteiger partial charge < -0.3 is 20.5 Å². The molecule has 6 heteroatoms. The van der Waals surface area contributed by atoms with E-state index in [0.717, 1.165) is 6.42 Å². The fraction of sp³-hybridized carbons (Fsp3) is 0.833. The lowest BCUT2D eigenvalue weighted by Gasteiger charge is -2.48. The summed E-state index contributed by atoms with van der Waals surface area (Å²) in [5, 5.41) is 8.54. The van der Waals surface area contributed by atoms with Crippen LogP contribution in [0.1, 0.15) is 27.2 Å². The van der Waals surface area contributed by atoms with Crippen molar-refractivity contribution in [1.82, 2.24) is 4.90 Å². The van der Waals surface area contributed by atoms with E-state index in [2.05, 4.69) is 0 Å². The maximum absolute atomic E-state index is 12.0. The second-order valence-electron chi connectivity index (χ2n) is 5.24. The van der Waals surface area contributed by atoms with Gasteiger partial charge in [-0.3, -0.25) is 4.79 Å². The van der Waals surface area contributed by atoms with Crippen molar-refractivity contribution in [3.8, 4) is 0 Å². The Morgan fingerprint density at radius 2 is 2.06 bits per heavy atom. The molecule has 1 aliphatic rings. The van der Waals surface area contributed by atoms with Crippen molar-refractivity contribution in [2.75, 3.05) is 19.7 Å². The Hall–Kier alpha value is -1.14. The van der Waals surface area contributed by atoms with Gasteiger partial charge in [0.15, 0.2) is 0 Å². The molecule has 0 aromatic heterocycles. The summed E-state index contributed by atoms with van der Waals surface area (Å²) in [5.41, 5.74) is 5.31. The zero-order chi connectivity index (χ0) is 13.9. The second kappa shape index (κ2) is 5.67. The van der Waals surface area contributed by atoms with E-state index in [-0.39, 0.29) is 18.4 Å². The highest BCUT2D eigenvalue weighted by Crippen LogP contribution is 2.26. The smallest absolute Gasteiger partial charge is 0.329 e. The number of nitrogens with two attached hydrogens (primary N) is 1. The molecule has 0 aromatic rings. The number of hydrogen-bond donors (Lipinski definition) is 2. The van der Waals surface area contributed by atoms with Crippen LogP contribution in [0.5, 0.6) is 0 Å². The van der Waals surface area contributed by atoms with E-state index >= 15 is 0 Å². The van der Waals surface area contributed by atoms with Crippen molar-refractivity contribution in [1.29, 1.82) is 0 Å². The molecule has 1 heterocycles. The lowest BCUT2D eigenvalue weighted by Crippen LogP contribution is -2.66. The van der Waals surface area contributed by atoms with Crippen LogP contribution in [0.15, 0.2) is 0 Å². The van der Waals surface area contributed by atoms with Gasteiger partial charge in [0.2, 0.25) is 5.91 Å². The predicted octanol–water partition coefficient (Wildman–Crippen LogP) is 0.0619. The van der Waals surface area contributed by atoms with Crippen LogP contribution in [0.25, 0.3) is 0 Å². The molecule has 0 spiro atoms. The summed E-state index contributed by atoms with van der Waals surface area (Å²) in [7, 11) is 0. The van der Waals surface area contributed by atoms with Crippen molar-refractivity contribution in [2.45, 2.75) is 38.8 Å². The van der Waals surface area contributed by atoms with E-state index < -0.39 is 17.6 Å². The summed E-state index contributed by atoms with van der Waals surface area (Å²) in [4.78, 5) is 24.0. The third kappa shape index (κ3) is 3.43. The summed E-state index contributed by atoms with van der Waals surface area (Å²) in [6, 6.07) is -0.487. The van der Waals surface area contributed by atoms with Gasteiger partial charge >= 0.3 is 5.97 Å². The average Bonchev–Trinajstić information content (AvgIpc) is 2.30. The average molecular weight is 258 g/mol. The molecule has 0 aliphatic carbocycles. The van der Waals surface area contributed by atoms with E-state index in [1.165, 1.54) is 0 Å². The second-order valence-corrected chi connectivity index (χ2v) is 5.24. The van der Waals surface area contributed by atoms with Crippen LogP contribution in [0.3, 0.4) is 0 Å². The largest absolute Gasteiger partial charge is 0.480 e. The van der Waals surface area contributed by atoms with Crippen molar-refractivity contribution in [3.05, 3.63) is 0 Å². The van der Waals surface area contributed by atoms with Gasteiger partial charge in [-0.1, -0.05) is 20.3 Å². The molecule has 0 bridgehead atoms. The zero-order valence-electron chi connectivity index (χ0n) is 11.2. The van der Waals surface area contributed by atoms with Gasteiger partial charge in [-0.05, 0) is 12.8 Å². The maximum atomic E-state index is 12.0. The Morgan fingerprint density at radius 1 is 1.50 bits per heavy atom. The molecule has 18 heavy (non-hydrogen) atoms. The molecular formula is C12H22N2O4. The third-order valence-corrected chi connectivity index (χ3v) is 3.45. The lowest BCUT2D eigenvalue weighted by molar-refractivity contribution is -0.174. The molecular weight excluding hydrogens is 236 g/mol. The molecule has 3 N–H and O–H groups in total. The quantitative estimate of drug-likeness (QED) is 0.703. The van der Waals surface area contributed by atoms with Gasteiger partial charge in [0, 0.05) is 0 Å². The molecule has 0 radical (unpaired) electrons. The topological polar surface area (TPSA) is 92.9 Å². The van der Waals surface area contributed by atoms with Gasteiger partial charge in [0.05, 0.1) is 19.1 Å². The normalized spacial score (nSPS) is 21.0. The first-order valence-electron chi connectivity index (χ1n) is 6.19. The standard InChI is InChI=1S/C12H22N2O4/c1-4-8(2)10(13)11(17)14-6-12(3,7-14)18-5-9(15)16/h8,10H,4-7,13H2,1-3H3,(H,15,16). The van der Waals surface area contributed by atoms with Crippen LogP contribution >= 0.6 is 0 Å². The highest BCUT2D eigenvalue weighted by molar-refractivity contribution is 5.83. The molecule has 0 saturated carbocycles. The number of carboxylic acids is 1. The van der Waals surface area contributed by atoms with Gasteiger partial charge in [0.25, 0.3) is 0 Å². The van der Waals surface area contributed by atoms with Crippen molar-refractivity contribution < 1.29 is 19.4 Å². The molecule has 2 atom stereocenters. The number of carboxylic acid groups (broad SMARTS) is 1. The Morgan fingerprint density at radius 3 is 2.50 bits per heavy atom. The third-order valence-electron chi connectivity index (χ3n) is 3.45. The van der Waals surface area contributed by atoms with Gasteiger partial charge in [-0.2, -0.15) is 0 Å². The number of likely N-dealkylation sites (tertiary alicyclic amines) is 1. The van der Waals surface area contributed by atoms with E-state index in [0.29, 0.717) is 13.1 Å². The van der Waals surface area contributed by atoms with Crippen molar-refractivity contribution >= 4 is 11.9 Å². The molecule has 1 rings (SSSR count). The fourth-order valence-corrected chi connectivity index (χ4v) is 1.95. The number of aliphatic carboxylic acids is 1. The van der Waals surface area contributed by atoms with Crippen molar-refractivity contribution in [2.24, 2.45) is 11.7 Å². The van der Waals surface area contributed by atoms with Crippen LogP contribution in [0.2, 0.25) is 0 Å². The van der Waals surface area contributed by atoms with E-state index in [1.807, 2.05) is 13.8 Å². The number of amides is 1. The van der Waals surface area contributed by atoms with Gasteiger partial charge in [0.1, 0.15) is 12.2 Å². The van der Waals surface area contributed by atoms with Crippen LogP contribution in [0, 0.1) is 5.92 Å². The number of hydrogen-bond acceptors (Lipinski definition) is 4. The molecule has 1 saturated heterocycles. The summed E-state index contributed by atoms with van der Waals surface area (Å²) in [6.07, 6.45) is 0.855. The summed E-state index contributed by atoms with van der Waals surface area (Å²) in [6.45, 7) is 6.22. The van der Waals surface area contributed by atoms with Crippen LogP contribution in [0.4, 0.5) is 0 Å². The first kappa shape index (κ1) is 14.9. The van der Waals surface area contributed by atoms with Crippen LogP contribution < -0.4 is 5.73 Å². The Kier molecular flexibility index (Phi) is 4.70. The first-order chi connectivity index (χ1) is 8.29. The van der Waals surface area contributed by atoms with E-state index in [1.54, 1.807) is 11.8 Å². The maximum Gasteiger partial charge on any atom is 0.329 e. The molecule has 1 aliphatic heterocycles. The van der Waals surface area contributed by atoms with Gasteiger partial charge in [-0.15, -0.1) is 0 Å². The monoisotopic (exact) mass is 258 g/mol. The Bertz CT molecular complexity index is 326. The van der Waals surface area contributed by atoms with Crippen LogP contribution in [-0.2, 0) is 14.3 Å². The highest BCUT2D eigenvalue weighted by atomic mass is 16.5. The van der Waals surface area contributed by atoms with Gasteiger partial charge in [-0.25, -0.2) is 4.79 Å². The fourth-order valence-electron chi connectivity index (χ4n) is 1.95. The first-order valence-corrected chi connectivity index (χ1v) is 6.19. The molecule has 2 unspecified atom stereocenters. The SMILES string of the molecule is CCC(C)C(N)C(=O)N1CC(C)(OCC(=O)O)C1. The number of nitrogens with zero attached hydrogens (tertiary/aromatic N) is 1. The minimum atomic E-state index is -1.00. The summed E-state index contributed by atoms with van der Waals surface area (Å²) < 4.78 is 5.24. The van der Waals surface area contributed by atoms with Crippen molar-refractivity contribution in [3.63, 3.8) is 0 Å². The lowest BCUT2D eigenvalue weighted by atomic mass is 9.92.